The normalized spacial score (nSPS) is 12.2. The van der Waals surface area contributed by atoms with Crippen molar-refractivity contribution in [3.63, 3.8) is 0 Å². The third kappa shape index (κ3) is 2.06. The average molecular weight is 331 g/mol. The van der Waals surface area contributed by atoms with Crippen molar-refractivity contribution in [1.29, 1.82) is 0 Å². The van der Waals surface area contributed by atoms with Crippen LogP contribution in [0.4, 0.5) is 0 Å². The Kier molecular flexibility index (Phi) is 2.98. The fourth-order valence-electron chi connectivity index (χ4n) is 2.32. The van der Waals surface area contributed by atoms with Gasteiger partial charge in [0, 0.05) is 4.47 Å². The van der Waals surface area contributed by atoms with Gasteiger partial charge < -0.3 is 4.42 Å². The minimum Gasteiger partial charge on any atom is -0.456 e. The van der Waals surface area contributed by atoms with Gasteiger partial charge in [-0.25, -0.2) is 0 Å². The summed E-state index contributed by atoms with van der Waals surface area (Å²) in [5.74, 6) is 0. The molecule has 20 heavy (non-hydrogen) atoms. The van der Waals surface area contributed by atoms with Gasteiger partial charge in [0.25, 0.3) is 0 Å². The van der Waals surface area contributed by atoms with Gasteiger partial charge >= 0.3 is 0 Å². The Morgan fingerprint density at radius 3 is 2.50 bits per heavy atom. The molecular weight excluding hydrogens is 316 g/mol. The first-order valence-corrected chi connectivity index (χ1v) is 7.33. The van der Waals surface area contributed by atoms with Crippen LogP contribution in [0.5, 0.6) is 0 Å². The lowest BCUT2D eigenvalue weighted by Gasteiger charge is -2.19. The van der Waals surface area contributed by atoms with E-state index in [9.17, 15) is 4.79 Å². The molecule has 0 unspecified atom stereocenters. The molecule has 0 N–H and O–H groups in total. The van der Waals surface area contributed by atoms with Gasteiger partial charge in [0.05, 0.1) is 10.8 Å². The summed E-state index contributed by atoms with van der Waals surface area (Å²) in [6.07, 6.45) is 0. The van der Waals surface area contributed by atoms with Crippen molar-refractivity contribution in [2.24, 2.45) is 0 Å². The van der Waals surface area contributed by atoms with E-state index in [2.05, 4.69) is 36.7 Å². The Morgan fingerprint density at radius 1 is 1.05 bits per heavy atom. The molecule has 1 heterocycles. The van der Waals surface area contributed by atoms with Crippen LogP contribution in [0, 0.1) is 0 Å². The van der Waals surface area contributed by atoms with Crippen molar-refractivity contribution < 1.29 is 4.42 Å². The zero-order valence-electron chi connectivity index (χ0n) is 11.7. The highest BCUT2D eigenvalue weighted by Crippen LogP contribution is 2.28. The monoisotopic (exact) mass is 330 g/mol. The molecule has 0 aliphatic heterocycles. The summed E-state index contributed by atoms with van der Waals surface area (Å²) in [5.41, 5.74) is 2.45. The summed E-state index contributed by atoms with van der Waals surface area (Å²) in [6.45, 7) is 6.43. The van der Waals surface area contributed by atoms with E-state index in [4.69, 9.17) is 4.42 Å². The Balaban J connectivity index is 2.45. The first-order chi connectivity index (χ1) is 9.38. The second-order valence-corrected chi connectivity index (χ2v) is 6.86. The molecule has 0 saturated heterocycles. The second-order valence-electron chi connectivity index (χ2n) is 6.01. The fraction of sp³-hybridized carbons (Fsp3) is 0.235. The smallest absolute Gasteiger partial charge is 0.201 e. The molecule has 0 aliphatic carbocycles. The average Bonchev–Trinajstić information content (AvgIpc) is 2.37. The van der Waals surface area contributed by atoms with E-state index < -0.39 is 0 Å². The number of halogens is 1. The molecular formula is C17H15BrO2. The molecule has 3 rings (SSSR count). The zero-order chi connectivity index (χ0) is 14.5. The molecule has 0 radical (unpaired) electrons. The van der Waals surface area contributed by atoms with Crippen LogP contribution in [0.1, 0.15) is 26.3 Å². The minimum atomic E-state index is 0.00850. The van der Waals surface area contributed by atoms with Crippen LogP contribution < -0.4 is 5.43 Å². The number of benzene rings is 2. The van der Waals surface area contributed by atoms with Crippen LogP contribution >= 0.6 is 15.9 Å². The summed E-state index contributed by atoms with van der Waals surface area (Å²) in [4.78, 5) is 12.6. The molecule has 102 valence electrons. The topological polar surface area (TPSA) is 30.2 Å². The molecule has 1 aromatic heterocycles. The maximum absolute atomic E-state index is 12.6. The van der Waals surface area contributed by atoms with E-state index in [-0.39, 0.29) is 10.8 Å². The third-order valence-corrected chi connectivity index (χ3v) is 4.18. The predicted octanol–water partition coefficient (Wildman–Crippen LogP) is 5.01. The van der Waals surface area contributed by atoms with E-state index in [1.54, 1.807) is 0 Å². The van der Waals surface area contributed by atoms with Gasteiger partial charge in [-0.1, -0.05) is 32.9 Å². The fourth-order valence-corrected chi connectivity index (χ4v) is 2.85. The highest BCUT2D eigenvalue weighted by atomic mass is 79.9. The highest BCUT2D eigenvalue weighted by Gasteiger charge is 2.16. The SMILES string of the molecule is CC(C)(C)c1ccc2c(=O)c3c(Br)cccc3oc2c1. The summed E-state index contributed by atoms with van der Waals surface area (Å²) in [6, 6.07) is 11.4. The molecule has 2 aromatic carbocycles. The van der Waals surface area contributed by atoms with Crippen molar-refractivity contribution >= 4 is 37.9 Å². The minimum absolute atomic E-state index is 0.00850. The van der Waals surface area contributed by atoms with Gasteiger partial charge in [-0.05, 0) is 51.2 Å². The predicted molar refractivity (Wildman–Crippen MR) is 86.4 cm³/mol. The van der Waals surface area contributed by atoms with Gasteiger partial charge in [0.15, 0.2) is 0 Å². The van der Waals surface area contributed by atoms with Crippen LogP contribution in [0.15, 0.2) is 50.1 Å². The lowest BCUT2D eigenvalue weighted by Crippen LogP contribution is -2.11. The lowest BCUT2D eigenvalue weighted by molar-refractivity contribution is 0.587. The van der Waals surface area contributed by atoms with Gasteiger partial charge in [-0.2, -0.15) is 0 Å². The van der Waals surface area contributed by atoms with E-state index in [1.807, 2.05) is 36.4 Å². The van der Waals surface area contributed by atoms with Crippen molar-refractivity contribution in [1.82, 2.24) is 0 Å². The maximum atomic E-state index is 12.6. The zero-order valence-corrected chi connectivity index (χ0v) is 13.2. The Morgan fingerprint density at radius 2 is 1.80 bits per heavy atom. The van der Waals surface area contributed by atoms with Crippen LogP contribution in [-0.2, 0) is 5.41 Å². The van der Waals surface area contributed by atoms with Crippen molar-refractivity contribution in [3.8, 4) is 0 Å². The van der Waals surface area contributed by atoms with E-state index in [1.165, 1.54) is 0 Å². The van der Waals surface area contributed by atoms with Crippen LogP contribution in [0.2, 0.25) is 0 Å². The standard InChI is InChI=1S/C17H15BrO2/c1-17(2,3)10-7-8-11-14(9-10)20-13-6-4-5-12(18)15(13)16(11)19/h4-9H,1-3H3. The summed E-state index contributed by atoms with van der Waals surface area (Å²) in [7, 11) is 0. The molecule has 0 bridgehead atoms. The molecule has 0 amide bonds. The summed E-state index contributed by atoms with van der Waals surface area (Å²) >= 11 is 3.42. The number of rotatable bonds is 0. The number of fused-ring (bicyclic) bond motifs is 2. The first kappa shape index (κ1) is 13.4. The first-order valence-electron chi connectivity index (χ1n) is 6.53. The van der Waals surface area contributed by atoms with Gasteiger partial charge in [0.2, 0.25) is 5.43 Å². The van der Waals surface area contributed by atoms with Crippen LogP contribution in [0.3, 0.4) is 0 Å². The van der Waals surface area contributed by atoms with Gasteiger partial charge in [0.1, 0.15) is 11.2 Å². The third-order valence-electron chi connectivity index (χ3n) is 3.51. The van der Waals surface area contributed by atoms with Gasteiger partial charge in [-0.3, -0.25) is 4.79 Å². The second kappa shape index (κ2) is 4.45. The molecule has 2 nitrogen and oxygen atoms in total. The molecule has 3 heteroatoms. The molecule has 0 saturated carbocycles. The van der Waals surface area contributed by atoms with Crippen LogP contribution in [-0.4, -0.2) is 0 Å². The Bertz CT molecular complexity index is 870. The number of hydrogen-bond donors (Lipinski definition) is 0. The largest absolute Gasteiger partial charge is 0.456 e. The van der Waals surface area contributed by atoms with Crippen LogP contribution in [0.25, 0.3) is 21.9 Å². The van der Waals surface area contributed by atoms with Crippen molar-refractivity contribution in [3.05, 3.63) is 56.7 Å². The van der Waals surface area contributed by atoms with E-state index >= 15 is 0 Å². The van der Waals surface area contributed by atoms with E-state index in [0.29, 0.717) is 21.9 Å². The maximum Gasteiger partial charge on any atom is 0.201 e. The quantitative estimate of drug-likeness (QED) is 0.542. The van der Waals surface area contributed by atoms with Crippen molar-refractivity contribution in [2.45, 2.75) is 26.2 Å². The molecule has 0 atom stereocenters. The number of hydrogen-bond acceptors (Lipinski definition) is 2. The Hall–Kier alpha value is -1.61. The molecule has 0 spiro atoms. The van der Waals surface area contributed by atoms with Crippen molar-refractivity contribution in [2.75, 3.05) is 0 Å². The van der Waals surface area contributed by atoms with E-state index in [0.717, 1.165) is 10.0 Å². The molecule has 3 aromatic rings. The highest BCUT2D eigenvalue weighted by molar-refractivity contribution is 9.10. The summed E-state index contributed by atoms with van der Waals surface area (Å²) < 4.78 is 6.68. The Labute approximate surface area is 125 Å². The molecule has 0 aliphatic rings. The summed E-state index contributed by atoms with van der Waals surface area (Å²) in [5, 5.41) is 1.22. The lowest BCUT2D eigenvalue weighted by atomic mass is 9.86. The van der Waals surface area contributed by atoms with Gasteiger partial charge in [-0.15, -0.1) is 0 Å². The molecule has 0 fully saturated rings.